The molecule has 2 aromatic carbocycles. The summed E-state index contributed by atoms with van der Waals surface area (Å²) in [6, 6.07) is 13.5. The molecule has 5 nitrogen and oxygen atoms in total. The summed E-state index contributed by atoms with van der Waals surface area (Å²) < 4.78 is 13.6. The molecule has 3 aromatic rings. The quantitative estimate of drug-likeness (QED) is 0.386. The normalized spacial score (nSPS) is 16.6. The van der Waals surface area contributed by atoms with Crippen LogP contribution in [0.25, 0.3) is 11.1 Å². The first kappa shape index (κ1) is 25.0. The van der Waals surface area contributed by atoms with Crippen LogP contribution >= 0.6 is 0 Å². The molecular weight excluding hydrogens is 439 g/mol. The highest BCUT2D eigenvalue weighted by atomic mass is 19.1. The second-order valence-electron chi connectivity index (χ2n) is 10.0. The second-order valence-corrected chi connectivity index (χ2v) is 10.0. The number of nitrogens with zero attached hydrogens (tertiary/aromatic N) is 4. The van der Waals surface area contributed by atoms with Crippen molar-refractivity contribution in [3.63, 3.8) is 0 Å². The molecule has 0 unspecified atom stereocenters. The topological polar surface area (TPSA) is 49.3 Å². The summed E-state index contributed by atoms with van der Waals surface area (Å²) in [7, 11) is 0. The Balaban J connectivity index is 1.47. The lowest BCUT2D eigenvalue weighted by Crippen LogP contribution is -2.54. The van der Waals surface area contributed by atoms with Crippen molar-refractivity contribution in [2.45, 2.75) is 52.6 Å². The smallest absolute Gasteiger partial charge is 0.225 e. The van der Waals surface area contributed by atoms with Crippen molar-refractivity contribution in [1.29, 1.82) is 0 Å². The third-order valence-electron chi connectivity index (χ3n) is 6.52. The number of hydrogen-bond acceptors (Lipinski definition) is 5. The van der Waals surface area contributed by atoms with Gasteiger partial charge in [0.05, 0.1) is 0 Å². The summed E-state index contributed by atoms with van der Waals surface area (Å²) in [4.78, 5) is 25.0. The Morgan fingerprint density at radius 1 is 1.06 bits per heavy atom. The second kappa shape index (κ2) is 11.5. The lowest BCUT2D eigenvalue weighted by atomic mass is 9.99. The van der Waals surface area contributed by atoms with E-state index < -0.39 is 0 Å². The third-order valence-corrected chi connectivity index (χ3v) is 6.52. The average molecular weight is 475 g/mol. The van der Waals surface area contributed by atoms with Gasteiger partial charge in [-0.25, -0.2) is 14.4 Å². The van der Waals surface area contributed by atoms with Crippen LogP contribution in [0.3, 0.4) is 0 Å². The number of halogens is 1. The van der Waals surface area contributed by atoms with Crippen LogP contribution in [0.15, 0.2) is 54.9 Å². The van der Waals surface area contributed by atoms with E-state index in [1.807, 2.05) is 6.07 Å². The molecule has 184 valence electrons. The highest BCUT2D eigenvalue weighted by Gasteiger charge is 2.29. The molecule has 0 radical (unpaired) electrons. The molecule has 2 heterocycles. The largest absolute Gasteiger partial charge is 0.335 e. The summed E-state index contributed by atoms with van der Waals surface area (Å²) in [5.74, 6) is 1.04. The number of rotatable bonds is 9. The van der Waals surface area contributed by atoms with Gasteiger partial charge in [0.25, 0.3) is 0 Å². The van der Waals surface area contributed by atoms with Crippen LogP contribution in [-0.2, 0) is 17.8 Å². The van der Waals surface area contributed by atoms with Crippen LogP contribution < -0.4 is 4.90 Å². The van der Waals surface area contributed by atoms with Crippen LogP contribution in [0.4, 0.5) is 10.3 Å². The lowest BCUT2D eigenvalue weighted by molar-refractivity contribution is -0.107. The fourth-order valence-corrected chi connectivity index (χ4v) is 5.03. The Hall–Kier alpha value is -3.12. The molecule has 1 aliphatic rings. The van der Waals surface area contributed by atoms with Crippen molar-refractivity contribution in [1.82, 2.24) is 14.9 Å². The fourth-order valence-electron chi connectivity index (χ4n) is 5.03. The molecule has 0 bridgehead atoms. The molecule has 0 aliphatic carbocycles. The number of carbonyl (C=O) groups is 1. The lowest BCUT2D eigenvalue weighted by Gasteiger charge is -2.42. The Kier molecular flexibility index (Phi) is 8.24. The average Bonchev–Trinajstić information content (AvgIpc) is 2.82. The Morgan fingerprint density at radius 3 is 2.54 bits per heavy atom. The molecule has 1 aliphatic heterocycles. The molecule has 1 aromatic heterocycles. The number of anilines is 1. The van der Waals surface area contributed by atoms with Crippen LogP contribution in [0.2, 0.25) is 0 Å². The number of hydrogen-bond donors (Lipinski definition) is 0. The van der Waals surface area contributed by atoms with E-state index in [1.54, 1.807) is 18.5 Å². The van der Waals surface area contributed by atoms with Crippen LogP contribution in [-0.4, -0.2) is 46.8 Å². The molecule has 0 saturated carbocycles. The van der Waals surface area contributed by atoms with E-state index in [0.717, 1.165) is 62.4 Å². The summed E-state index contributed by atoms with van der Waals surface area (Å²) in [5, 5.41) is 0. The molecule has 0 N–H and O–H groups in total. The molecule has 4 rings (SSSR count). The highest BCUT2D eigenvalue weighted by Crippen LogP contribution is 2.25. The summed E-state index contributed by atoms with van der Waals surface area (Å²) in [5.41, 5.74) is 5.38. The molecule has 35 heavy (non-hydrogen) atoms. The maximum Gasteiger partial charge on any atom is 0.225 e. The van der Waals surface area contributed by atoms with Gasteiger partial charge in [0.1, 0.15) is 12.1 Å². The van der Waals surface area contributed by atoms with Gasteiger partial charge in [-0.3, -0.25) is 4.90 Å². The molecule has 1 saturated heterocycles. The van der Waals surface area contributed by atoms with Gasteiger partial charge >= 0.3 is 0 Å². The number of carbonyl (C=O) groups excluding carboxylic acids is 1. The molecular formula is C29H35FN4O. The van der Waals surface area contributed by atoms with Crippen molar-refractivity contribution in [2.75, 3.05) is 24.5 Å². The zero-order chi connectivity index (χ0) is 24.8. The maximum atomic E-state index is 13.6. The first-order valence-electron chi connectivity index (χ1n) is 12.5. The van der Waals surface area contributed by atoms with E-state index in [0.29, 0.717) is 18.4 Å². The Bertz CT molecular complexity index is 1130. The zero-order valence-corrected chi connectivity index (χ0v) is 21.0. The SMILES string of the molecule is Cc1cc(CCC=O)cc(CN2CCN(c3ncc(-c4cccc(F)c4)cn3)[C@H](CC(C)C)C2)c1. The van der Waals surface area contributed by atoms with E-state index in [9.17, 15) is 9.18 Å². The van der Waals surface area contributed by atoms with E-state index >= 15 is 0 Å². The third kappa shape index (κ3) is 6.73. The Morgan fingerprint density at radius 2 is 1.83 bits per heavy atom. The Labute approximate surface area is 208 Å². The van der Waals surface area contributed by atoms with Crippen molar-refractivity contribution < 1.29 is 9.18 Å². The van der Waals surface area contributed by atoms with Gasteiger partial charge in [-0.15, -0.1) is 0 Å². The monoisotopic (exact) mass is 474 g/mol. The first-order valence-corrected chi connectivity index (χ1v) is 12.5. The fraction of sp³-hybridized carbons (Fsp3) is 0.414. The number of aryl methyl sites for hydroxylation is 2. The van der Waals surface area contributed by atoms with E-state index in [4.69, 9.17) is 0 Å². The van der Waals surface area contributed by atoms with E-state index in [2.05, 4.69) is 58.7 Å². The molecule has 0 spiro atoms. The van der Waals surface area contributed by atoms with Crippen molar-refractivity contribution >= 4 is 12.2 Å². The minimum Gasteiger partial charge on any atom is -0.335 e. The standard InChI is InChI=1S/C29H35FN4O/c1-21(2)12-28-20-33(19-24-14-22(3)13-23(15-24)6-5-11-35)9-10-34(28)29-31-17-26(18-32-29)25-7-4-8-27(30)16-25/h4,7-8,11,13-18,21,28H,5-6,9-10,12,19-20H2,1-3H3/t28-/m1/s1. The van der Waals surface area contributed by atoms with E-state index in [1.165, 1.54) is 28.8 Å². The molecule has 1 atom stereocenters. The van der Waals surface area contributed by atoms with Gasteiger partial charge in [-0.1, -0.05) is 49.7 Å². The van der Waals surface area contributed by atoms with Crippen LogP contribution in [0.1, 0.15) is 43.4 Å². The van der Waals surface area contributed by atoms with Gasteiger partial charge in [-0.2, -0.15) is 0 Å². The predicted molar refractivity (Wildman–Crippen MR) is 139 cm³/mol. The minimum atomic E-state index is -0.260. The number of aldehydes is 1. The van der Waals surface area contributed by atoms with Gasteiger partial charge in [0, 0.05) is 56.6 Å². The zero-order valence-electron chi connectivity index (χ0n) is 21.0. The summed E-state index contributed by atoms with van der Waals surface area (Å²) in [6.07, 6.45) is 7.00. The highest BCUT2D eigenvalue weighted by molar-refractivity contribution is 5.62. The van der Waals surface area contributed by atoms with Crippen molar-refractivity contribution in [2.24, 2.45) is 5.92 Å². The van der Waals surface area contributed by atoms with E-state index in [-0.39, 0.29) is 5.82 Å². The summed E-state index contributed by atoms with van der Waals surface area (Å²) in [6.45, 7) is 10.3. The van der Waals surface area contributed by atoms with Crippen LogP contribution in [0.5, 0.6) is 0 Å². The number of benzene rings is 2. The predicted octanol–water partition coefficient (Wildman–Crippen LogP) is 5.46. The molecule has 6 heteroatoms. The van der Waals surface area contributed by atoms with Gasteiger partial charge in [-0.05, 0) is 54.5 Å². The summed E-state index contributed by atoms with van der Waals surface area (Å²) >= 11 is 0. The van der Waals surface area contributed by atoms with Gasteiger partial charge < -0.3 is 9.69 Å². The molecule has 0 amide bonds. The first-order chi connectivity index (χ1) is 16.9. The molecule has 1 fully saturated rings. The maximum absolute atomic E-state index is 13.6. The van der Waals surface area contributed by atoms with Crippen LogP contribution in [0, 0.1) is 18.7 Å². The van der Waals surface area contributed by atoms with Gasteiger partial charge in [0.2, 0.25) is 5.95 Å². The number of piperazine rings is 1. The van der Waals surface area contributed by atoms with Crippen molar-refractivity contribution in [3.8, 4) is 11.1 Å². The van der Waals surface area contributed by atoms with Crippen molar-refractivity contribution in [3.05, 3.63) is 77.4 Å². The number of aromatic nitrogens is 2. The van der Waals surface area contributed by atoms with Gasteiger partial charge in [0.15, 0.2) is 0 Å². The minimum absolute atomic E-state index is 0.260.